The standard InChI is InChI=1S/C23H33N5/c1-6-27-9-11-28(12-10-27)22-24-8-7-20(25-22)19-14-21-18(13-16(19)2)17(3)15-23(4,5)26-21/h7-8,13-14,17,26H,6,9-12,15H2,1-5H3. The van der Waals surface area contributed by atoms with E-state index in [1.54, 1.807) is 0 Å². The Morgan fingerprint density at radius 2 is 1.93 bits per heavy atom. The number of likely N-dealkylation sites (N-methyl/N-ethyl adjacent to an activating group) is 1. The predicted molar refractivity (Wildman–Crippen MR) is 117 cm³/mol. The van der Waals surface area contributed by atoms with Crippen LogP contribution < -0.4 is 10.2 Å². The van der Waals surface area contributed by atoms with E-state index in [2.05, 4.69) is 66.9 Å². The number of hydrogen-bond acceptors (Lipinski definition) is 5. The van der Waals surface area contributed by atoms with Gasteiger partial charge in [-0.15, -0.1) is 0 Å². The van der Waals surface area contributed by atoms with Crippen LogP contribution in [0.1, 0.15) is 51.2 Å². The van der Waals surface area contributed by atoms with Gasteiger partial charge in [-0.05, 0) is 62.9 Å². The van der Waals surface area contributed by atoms with Crippen LogP contribution in [-0.2, 0) is 0 Å². The van der Waals surface area contributed by atoms with Crippen molar-refractivity contribution in [2.75, 3.05) is 42.9 Å². The molecule has 150 valence electrons. The molecule has 1 fully saturated rings. The fraction of sp³-hybridized carbons (Fsp3) is 0.565. The normalized spacial score (nSPS) is 21.9. The van der Waals surface area contributed by atoms with E-state index >= 15 is 0 Å². The van der Waals surface area contributed by atoms with E-state index in [0.29, 0.717) is 5.92 Å². The molecule has 0 aliphatic carbocycles. The van der Waals surface area contributed by atoms with Crippen LogP contribution in [0.15, 0.2) is 24.4 Å². The SMILES string of the molecule is CCN1CCN(c2nccc(-c3cc4c(cc3C)C(C)CC(C)(C)N4)n2)CC1. The van der Waals surface area contributed by atoms with Gasteiger partial charge in [-0.2, -0.15) is 0 Å². The molecule has 2 aromatic rings. The summed E-state index contributed by atoms with van der Waals surface area (Å²) in [6.45, 7) is 16.6. The van der Waals surface area contributed by atoms with Crippen LogP contribution in [0.3, 0.4) is 0 Å². The maximum Gasteiger partial charge on any atom is 0.225 e. The Kier molecular flexibility index (Phi) is 5.04. The number of fused-ring (bicyclic) bond motifs is 1. The second-order valence-corrected chi connectivity index (χ2v) is 9.03. The van der Waals surface area contributed by atoms with Gasteiger partial charge in [0.25, 0.3) is 0 Å². The number of aryl methyl sites for hydroxylation is 1. The molecule has 2 aliphatic rings. The summed E-state index contributed by atoms with van der Waals surface area (Å²) in [6, 6.07) is 6.68. The molecule has 1 N–H and O–H groups in total. The van der Waals surface area contributed by atoms with Gasteiger partial charge in [-0.1, -0.05) is 19.9 Å². The molecule has 1 aromatic carbocycles. The van der Waals surface area contributed by atoms with Gasteiger partial charge in [0, 0.05) is 49.2 Å². The molecular formula is C23H33N5. The average molecular weight is 380 g/mol. The highest BCUT2D eigenvalue weighted by Gasteiger charge is 2.30. The number of anilines is 2. The van der Waals surface area contributed by atoms with Crippen molar-refractivity contribution in [2.45, 2.75) is 52.5 Å². The average Bonchev–Trinajstić information content (AvgIpc) is 2.68. The highest BCUT2D eigenvalue weighted by Crippen LogP contribution is 2.41. The van der Waals surface area contributed by atoms with Crippen molar-refractivity contribution in [3.8, 4) is 11.3 Å². The van der Waals surface area contributed by atoms with E-state index < -0.39 is 0 Å². The topological polar surface area (TPSA) is 44.3 Å². The number of rotatable bonds is 3. The first kappa shape index (κ1) is 19.2. The van der Waals surface area contributed by atoms with Gasteiger partial charge < -0.3 is 15.1 Å². The summed E-state index contributed by atoms with van der Waals surface area (Å²) in [4.78, 5) is 14.3. The maximum atomic E-state index is 4.95. The third-order valence-electron chi connectivity index (χ3n) is 6.24. The lowest BCUT2D eigenvalue weighted by Crippen LogP contribution is -2.46. The van der Waals surface area contributed by atoms with Gasteiger partial charge >= 0.3 is 0 Å². The highest BCUT2D eigenvalue weighted by atomic mass is 15.3. The van der Waals surface area contributed by atoms with Crippen molar-refractivity contribution in [1.29, 1.82) is 0 Å². The maximum absolute atomic E-state index is 4.95. The Balaban J connectivity index is 1.65. The van der Waals surface area contributed by atoms with E-state index in [9.17, 15) is 0 Å². The number of benzene rings is 1. The predicted octanol–water partition coefficient (Wildman–Crippen LogP) is 4.29. The lowest BCUT2D eigenvalue weighted by Gasteiger charge is -2.38. The molecule has 5 heteroatoms. The lowest BCUT2D eigenvalue weighted by atomic mass is 9.80. The molecule has 3 heterocycles. The van der Waals surface area contributed by atoms with Gasteiger partial charge in [0.2, 0.25) is 5.95 Å². The van der Waals surface area contributed by atoms with Crippen LogP contribution in [-0.4, -0.2) is 53.1 Å². The highest BCUT2D eigenvalue weighted by molar-refractivity contribution is 5.73. The van der Waals surface area contributed by atoms with Crippen LogP contribution >= 0.6 is 0 Å². The second-order valence-electron chi connectivity index (χ2n) is 9.03. The van der Waals surface area contributed by atoms with Crippen molar-refractivity contribution in [1.82, 2.24) is 14.9 Å². The minimum Gasteiger partial charge on any atom is -0.380 e. The summed E-state index contributed by atoms with van der Waals surface area (Å²) in [7, 11) is 0. The Morgan fingerprint density at radius 1 is 1.18 bits per heavy atom. The number of nitrogens with zero attached hydrogens (tertiary/aromatic N) is 4. The van der Waals surface area contributed by atoms with Crippen molar-refractivity contribution in [2.24, 2.45) is 0 Å². The van der Waals surface area contributed by atoms with E-state index in [1.807, 2.05) is 12.3 Å². The van der Waals surface area contributed by atoms with E-state index in [4.69, 9.17) is 4.98 Å². The second kappa shape index (κ2) is 7.36. The molecule has 1 unspecified atom stereocenters. The number of aromatic nitrogens is 2. The third kappa shape index (κ3) is 3.72. The van der Waals surface area contributed by atoms with Crippen LogP contribution in [0.2, 0.25) is 0 Å². The van der Waals surface area contributed by atoms with Gasteiger partial charge in [0.1, 0.15) is 0 Å². The van der Waals surface area contributed by atoms with E-state index in [-0.39, 0.29) is 5.54 Å². The summed E-state index contributed by atoms with van der Waals surface area (Å²) < 4.78 is 0. The summed E-state index contributed by atoms with van der Waals surface area (Å²) in [5.74, 6) is 1.42. The molecule has 28 heavy (non-hydrogen) atoms. The first-order valence-electron chi connectivity index (χ1n) is 10.6. The van der Waals surface area contributed by atoms with E-state index in [1.165, 1.54) is 22.4 Å². The fourth-order valence-corrected chi connectivity index (χ4v) is 4.73. The molecule has 0 radical (unpaired) electrons. The van der Waals surface area contributed by atoms with Gasteiger partial charge in [-0.3, -0.25) is 0 Å². The monoisotopic (exact) mass is 379 g/mol. The number of piperazine rings is 1. The molecule has 4 rings (SSSR count). The summed E-state index contributed by atoms with van der Waals surface area (Å²) >= 11 is 0. The van der Waals surface area contributed by atoms with Gasteiger partial charge in [0.05, 0.1) is 5.69 Å². The quantitative estimate of drug-likeness (QED) is 0.862. The molecule has 2 aliphatic heterocycles. The fourth-order valence-electron chi connectivity index (χ4n) is 4.73. The molecule has 0 amide bonds. The molecule has 1 atom stereocenters. The number of hydrogen-bond donors (Lipinski definition) is 1. The summed E-state index contributed by atoms with van der Waals surface area (Å²) in [5, 5.41) is 3.73. The van der Waals surface area contributed by atoms with Crippen LogP contribution in [0, 0.1) is 6.92 Å². The molecule has 5 nitrogen and oxygen atoms in total. The zero-order valence-corrected chi connectivity index (χ0v) is 17.9. The smallest absolute Gasteiger partial charge is 0.225 e. The Labute approximate surface area is 169 Å². The largest absolute Gasteiger partial charge is 0.380 e. The van der Waals surface area contributed by atoms with Gasteiger partial charge in [-0.25, -0.2) is 9.97 Å². The Bertz CT molecular complexity index is 852. The lowest BCUT2D eigenvalue weighted by molar-refractivity contribution is 0.270. The van der Waals surface area contributed by atoms with Crippen molar-refractivity contribution in [3.05, 3.63) is 35.5 Å². The molecule has 1 saturated heterocycles. The molecule has 0 bridgehead atoms. The van der Waals surface area contributed by atoms with Crippen LogP contribution in [0.4, 0.5) is 11.6 Å². The molecule has 0 saturated carbocycles. The summed E-state index contributed by atoms with van der Waals surface area (Å²) in [5.41, 5.74) is 6.29. The van der Waals surface area contributed by atoms with E-state index in [0.717, 1.165) is 50.8 Å². The van der Waals surface area contributed by atoms with Crippen molar-refractivity contribution < 1.29 is 0 Å². The zero-order valence-electron chi connectivity index (χ0n) is 17.9. The zero-order chi connectivity index (χ0) is 19.9. The van der Waals surface area contributed by atoms with Crippen LogP contribution in [0.25, 0.3) is 11.3 Å². The Hall–Kier alpha value is -2.14. The van der Waals surface area contributed by atoms with Gasteiger partial charge in [0.15, 0.2) is 0 Å². The minimum absolute atomic E-state index is 0.120. The molecule has 0 spiro atoms. The third-order valence-corrected chi connectivity index (χ3v) is 6.24. The summed E-state index contributed by atoms with van der Waals surface area (Å²) in [6.07, 6.45) is 3.06. The van der Waals surface area contributed by atoms with Crippen LogP contribution in [0.5, 0.6) is 0 Å². The molecular weight excluding hydrogens is 346 g/mol. The van der Waals surface area contributed by atoms with Crippen molar-refractivity contribution in [3.63, 3.8) is 0 Å². The van der Waals surface area contributed by atoms with Crippen molar-refractivity contribution >= 4 is 11.6 Å². The Morgan fingerprint density at radius 3 is 2.64 bits per heavy atom. The first-order valence-corrected chi connectivity index (χ1v) is 10.6. The molecule has 1 aromatic heterocycles. The minimum atomic E-state index is 0.120. The first-order chi connectivity index (χ1) is 13.4. The number of nitrogens with one attached hydrogen (secondary N) is 1.